The highest BCUT2D eigenvalue weighted by Crippen LogP contribution is 2.29. The molecule has 0 spiro atoms. The molecule has 0 saturated heterocycles. The summed E-state index contributed by atoms with van der Waals surface area (Å²) < 4.78 is 10.9. The van der Waals surface area contributed by atoms with E-state index in [1.54, 1.807) is 18.2 Å². The molecule has 2 amide bonds. The average Bonchev–Trinajstić information content (AvgIpc) is 2.94. The van der Waals surface area contributed by atoms with Crippen molar-refractivity contribution >= 4 is 17.9 Å². The molecule has 0 radical (unpaired) electrons. The Morgan fingerprint density at radius 1 is 1.21 bits per heavy atom. The second kappa shape index (κ2) is 11.0. The first kappa shape index (κ1) is 21.3. The van der Waals surface area contributed by atoms with Gasteiger partial charge in [0.1, 0.15) is 11.6 Å². The standard InChI is InChI=1S/C21H27N3O4/c1-2-27-19-12-15(9-10-18(19)28-14-20(23)25)11-16(13-22)21(26)24-17-7-5-3-4-6-8-17/h9-12,17H,2-8,14H2,1H3,(H2,23,25)(H,24,26). The van der Waals surface area contributed by atoms with E-state index < -0.39 is 5.91 Å². The van der Waals surface area contributed by atoms with Crippen LogP contribution in [0.5, 0.6) is 11.5 Å². The lowest BCUT2D eigenvalue weighted by Crippen LogP contribution is -2.35. The number of primary amides is 1. The van der Waals surface area contributed by atoms with Gasteiger partial charge < -0.3 is 20.5 Å². The number of benzene rings is 1. The van der Waals surface area contributed by atoms with Crippen LogP contribution in [0.2, 0.25) is 0 Å². The smallest absolute Gasteiger partial charge is 0.262 e. The highest BCUT2D eigenvalue weighted by atomic mass is 16.5. The highest BCUT2D eigenvalue weighted by molar-refractivity contribution is 6.01. The zero-order chi connectivity index (χ0) is 20.4. The van der Waals surface area contributed by atoms with Crippen LogP contribution >= 0.6 is 0 Å². The van der Waals surface area contributed by atoms with E-state index in [1.165, 1.54) is 18.9 Å². The first-order chi connectivity index (χ1) is 13.5. The Hall–Kier alpha value is -3.01. The molecular formula is C21H27N3O4. The zero-order valence-electron chi connectivity index (χ0n) is 16.2. The third kappa shape index (κ3) is 6.62. The molecule has 3 N–H and O–H groups in total. The van der Waals surface area contributed by atoms with Gasteiger partial charge in [-0.3, -0.25) is 9.59 Å². The topological polar surface area (TPSA) is 114 Å². The summed E-state index contributed by atoms with van der Waals surface area (Å²) in [4.78, 5) is 23.4. The second-order valence-corrected chi connectivity index (χ2v) is 6.73. The van der Waals surface area contributed by atoms with Crippen LogP contribution < -0.4 is 20.5 Å². The van der Waals surface area contributed by atoms with E-state index >= 15 is 0 Å². The van der Waals surface area contributed by atoms with Gasteiger partial charge in [0.25, 0.3) is 11.8 Å². The molecule has 1 aromatic rings. The van der Waals surface area contributed by atoms with E-state index in [-0.39, 0.29) is 24.1 Å². The van der Waals surface area contributed by atoms with Crippen LogP contribution in [0.3, 0.4) is 0 Å². The number of carbonyl (C=O) groups is 2. The highest BCUT2D eigenvalue weighted by Gasteiger charge is 2.17. The van der Waals surface area contributed by atoms with E-state index in [1.807, 2.05) is 13.0 Å². The summed E-state index contributed by atoms with van der Waals surface area (Å²) in [5.74, 6) is -0.159. The quantitative estimate of drug-likeness (QED) is 0.406. The minimum Gasteiger partial charge on any atom is -0.490 e. The predicted molar refractivity (Wildman–Crippen MR) is 106 cm³/mol. The Bertz CT molecular complexity index is 759. The molecule has 1 aliphatic rings. The molecule has 7 nitrogen and oxygen atoms in total. The Morgan fingerprint density at radius 3 is 2.54 bits per heavy atom. The van der Waals surface area contributed by atoms with Crippen LogP contribution in [-0.4, -0.2) is 31.1 Å². The summed E-state index contributed by atoms with van der Waals surface area (Å²) in [5, 5.41) is 12.4. The van der Waals surface area contributed by atoms with Crippen LogP contribution in [0, 0.1) is 11.3 Å². The van der Waals surface area contributed by atoms with Crippen molar-refractivity contribution in [2.45, 2.75) is 51.5 Å². The molecule has 1 aliphatic carbocycles. The maximum atomic E-state index is 12.5. The number of ether oxygens (including phenoxy) is 2. The molecule has 0 atom stereocenters. The summed E-state index contributed by atoms with van der Waals surface area (Å²) >= 11 is 0. The third-order valence-corrected chi connectivity index (χ3v) is 4.50. The average molecular weight is 385 g/mol. The molecule has 7 heteroatoms. The van der Waals surface area contributed by atoms with Gasteiger partial charge in [0.2, 0.25) is 0 Å². The molecule has 28 heavy (non-hydrogen) atoms. The predicted octanol–water partition coefficient (Wildman–Crippen LogP) is 2.70. The molecule has 0 heterocycles. The number of hydrogen-bond acceptors (Lipinski definition) is 5. The van der Waals surface area contributed by atoms with E-state index in [0.717, 1.165) is 25.7 Å². The second-order valence-electron chi connectivity index (χ2n) is 6.73. The van der Waals surface area contributed by atoms with Gasteiger partial charge in [-0.05, 0) is 43.5 Å². The molecule has 1 fully saturated rings. The van der Waals surface area contributed by atoms with Crippen molar-refractivity contribution in [1.29, 1.82) is 5.26 Å². The molecule has 0 unspecified atom stereocenters. The van der Waals surface area contributed by atoms with Crippen molar-refractivity contribution in [2.75, 3.05) is 13.2 Å². The fourth-order valence-electron chi connectivity index (χ4n) is 3.15. The molecule has 0 aliphatic heterocycles. The number of nitrogens with one attached hydrogen (secondary N) is 1. The fraction of sp³-hybridized carbons (Fsp3) is 0.476. The molecule has 150 valence electrons. The number of nitrogens with two attached hydrogens (primary N) is 1. The van der Waals surface area contributed by atoms with Crippen molar-refractivity contribution in [3.05, 3.63) is 29.3 Å². The van der Waals surface area contributed by atoms with E-state index in [2.05, 4.69) is 5.32 Å². The van der Waals surface area contributed by atoms with Crippen molar-refractivity contribution < 1.29 is 19.1 Å². The Kier molecular flexibility index (Phi) is 8.35. The summed E-state index contributed by atoms with van der Waals surface area (Å²) in [6.07, 6.45) is 8.00. The van der Waals surface area contributed by atoms with E-state index in [9.17, 15) is 14.9 Å². The summed E-state index contributed by atoms with van der Waals surface area (Å²) in [6, 6.07) is 7.07. The molecule has 1 aromatic carbocycles. The first-order valence-electron chi connectivity index (χ1n) is 9.64. The Balaban J connectivity index is 2.15. The summed E-state index contributed by atoms with van der Waals surface area (Å²) in [7, 11) is 0. The minimum absolute atomic E-state index is 0.0394. The van der Waals surface area contributed by atoms with Crippen molar-refractivity contribution in [3.63, 3.8) is 0 Å². The lowest BCUT2D eigenvalue weighted by molar-refractivity contribution is -0.120. The Labute approximate surface area is 165 Å². The maximum Gasteiger partial charge on any atom is 0.262 e. The SMILES string of the molecule is CCOc1cc(C=C(C#N)C(=O)NC2CCCCCC2)ccc1OCC(N)=O. The number of nitriles is 1. The van der Waals surface area contributed by atoms with Crippen molar-refractivity contribution in [2.24, 2.45) is 5.73 Å². The van der Waals surface area contributed by atoms with Gasteiger partial charge >= 0.3 is 0 Å². The van der Waals surface area contributed by atoms with Crippen LogP contribution in [-0.2, 0) is 9.59 Å². The maximum absolute atomic E-state index is 12.5. The van der Waals surface area contributed by atoms with Gasteiger partial charge in [0.05, 0.1) is 6.61 Å². The molecule has 0 aromatic heterocycles. The van der Waals surface area contributed by atoms with Crippen LogP contribution in [0.4, 0.5) is 0 Å². The van der Waals surface area contributed by atoms with E-state index in [0.29, 0.717) is 23.7 Å². The summed E-state index contributed by atoms with van der Waals surface area (Å²) in [6.45, 7) is 1.96. The van der Waals surface area contributed by atoms with Gasteiger partial charge in [0.15, 0.2) is 18.1 Å². The van der Waals surface area contributed by atoms with Gasteiger partial charge in [-0.1, -0.05) is 31.7 Å². The van der Waals surface area contributed by atoms with Gasteiger partial charge in [-0.25, -0.2) is 0 Å². The van der Waals surface area contributed by atoms with Gasteiger partial charge in [-0.2, -0.15) is 5.26 Å². The van der Waals surface area contributed by atoms with E-state index in [4.69, 9.17) is 15.2 Å². The minimum atomic E-state index is -0.589. The Morgan fingerprint density at radius 2 is 1.93 bits per heavy atom. The van der Waals surface area contributed by atoms with Crippen LogP contribution in [0.25, 0.3) is 6.08 Å². The fourth-order valence-corrected chi connectivity index (χ4v) is 3.15. The number of nitrogens with zero attached hydrogens (tertiary/aromatic N) is 1. The first-order valence-corrected chi connectivity index (χ1v) is 9.64. The lowest BCUT2D eigenvalue weighted by Gasteiger charge is -2.16. The number of carbonyl (C=O) groups excluding carboxylic acids is 2. The third-order valence-electron chi connectivity index (χ3n) is 4.50. The van der Waals surface area contributed by atoms with Crippen LogP contribution in [0.1, 0.15) is 51.0 Å². The number of amides is 2. The molecule has 1 saturated carbocycles. The van der Waals surface area contributed by atoms with Crippen molar-refractivity contribution in [1.82, 2.24) is 5.32 Å². The van der Waals surface area contributed by atoms with Crippen LogP contribution in [0.15, 0.2) is 23.8 Å². The number of rotatable bonds is 8. The largest absolute Gasteiger partial charge is 0.490 e. The summed E-state index contributed by atoms with van der Waals surface area (Å²) in [5.41, 5.74) is 5.77. The number of hydrogen-bond donors (Lipinski definition) is 2. The zero-order valence-corrected chi connectivity index (χ0v) is 16.2. The monoisotopic (exact) mass is 385 g/mol. The molecular weight excluding hydrogens is 358 g/mol. The molecule has 0 bridgehead atoms. The van der Waals surface area contributed by atoms with Crippen molar-refractivity contribution in [3.8, 4) is 17.6 Å². The van der Waals surface area contributed by atoms with Gasteiger partial charge in [0, 0.05) is 6.04 Å². The normalized spacial score (nSPS) is 15.2. The van der Waals surface area contributed by atoms with Gasteiger partial charge in [-0.15, -0.1) is 0 Å². The molecule has 2 rings (SSSR count). The lowest BCUT2D eigenvalue weighted by atomic mass is 10.1.